The molecule has 18 heavy (non-hydrogen) atoms. The molecule has 2 nitrogen and oxygen atoms in total. The summed E-state index contributed by atoms with van der Waals surface area (Å²) < 4.78 is 0. The highest BCUT2D eigenvalue weighted by molar-refractivity contribution is 5.76. The van der Waals surface area contributed by atoms with Crippen molar-refractivity contribution in [1.82, 2.24) is 4.90 Å². The van der Waals surface area contributed by atoms with Crippen LogP contribution in [0.2, 0.25) is 0 Å². The van der Waals surface area contributed by atoms with E-state index < -0.39 is 0 Å². The Hall–Kier alpha value is -1.31. The summed E-state index contributed by atoms with van der Waals surface area (Å²) in [6, 6.07) is 8.60. The molecule has 2 rings (SSSR count). The Balaban J connectivity index is 1.84. The van der Waals surface area contributed by atoms with Crippen molar-refractivity contribution < 1.29 is 4.79 Å². The van der Waals surface area contributed by atoms with Crippen molar-refractivity contribution in [2.45, 2.75) is 45.4 Å². The lowest BCUT2D eigenvalue weighted by Crippen LogP contribution is -2.35. The maximum atomic E-state index is 12.1. The third-order valence-electron chi connectivity index (χ3n) is 3.74. The average molecular weight is 245 g/mol. The van der Waals surface area contributed by atoms with Crippen molar-refractivity contribution in [1.29, 1.82) is 0 Å². The second-order valence-corrected chi connectivity index (χ2v) is 5.11. The zero-order valence-corrected chi connectivity index (χ0v) is 11.3. The van der Waals surface area contributed by atoms with Crippen molar-refractivity contribution in [3.63, 3.8) is 0 Å². The quantitative estimate of drug-likeness (QED) is 0.797. The first-order chi connectivity index (χ1) is 8.79. The molecule has 0 saturated carbocycles. The smallest absolute Gasteiger partial charge is 0.222 e. The fraction of sp³-hybridized carbons (Fsp3) is 0.562. The van der Waals surface area contributed by atoms with Gasteiger partial charge in [0.1, 0.15) is 0 Å². The molecular weight excluding hydrogens is 222 g/mol. The standard InChI is InChI=1S/C16H23NO/c1-2-14-7-6-8-15(13-14)9-10-16(18)17-11-4-3-5-12-17/h6-8,13H,2-5,9-12H2,1H3. The fourth-order valence-corrected chi connectivity index (χ4v) is 2.56. The van der Waals surface area contributed by atoms with Gasteiger partial charge in [0, 0.05) is 19.5 Å². The molecule has 1 aliphatic rings. The largest absolute Gasteiger partial charge is 0.343 e. The molecule has 1 aliphatic heterocycles. The normalized spacial score (nSPS) is 15.7. The highest BCUT2D eigenvalue weighted by atomic mass is 16.2. The summed E-state index contributed by atoms with van der Waals surface area (Å²) in [6.07, 6.45) is 6.24. The van der Waals surface area contributed by atoms with Gasteiger partial charge in [-0.25, -0.2) is 0 Å². The third kappa shape index (κ3) is 3.59. The van der Waals surface area contributed by atoms with Crippen LogP contribution in [0, 0.1) is 0 Å². The van der Waals surface area contributed by atoms with E-state index in [1.807, 2.05) is 4.90 Å². The Morgan fingerprint density at radius 1 is 1.17 bits per heavy atom. The summed E-state index contributed by atoms with van der Waals surface area (Å²) in [7, 11) is 0. The molecule has 0 aliphatic carbocycles. The molecule has 0 bridgehead atoms. The van der Waals surface area contributed by atoms with Gasteiger partial charge in [-0.1, -0.05) is 31.2 Å². The Morgan fingerprint density at radius 3 is 2.61 bits per heavy atom. The molecule has 0 atom stereocenters. The SMILES string of the molecule is CCc1cccc(CCC(=O)N2CCCCC2)c1. The van der Waals surface area contributed by atoms with Crippen molar-refractivity contribution in [3.8, 4) is 0 Å². The van der Waals surface area contributed by atoms with Gasteiger partial charge in [-0.2, -0.15) is 0 Å². The number of nitrogens with zero attached hydrogens (tertiary/aromatic N) is 1. The van der Waals surface area contributed by atoms with Gasteiger partial charge in [0.05, 0.1) is 0 Å². The van der Waals surface area contributed by atoms with Crippen LogP contribution in [0.3, 0.4) is 0 Å². The monoisotopic (exact) mass is 245 g/mol. The van der Waals surface area contributed by atoms with E-state index in [4.69, 9.17) is 0 Å². The van der Waals surface area contributed by atoms with Crippen LogP contribution in [-0.2, 0) is 17.6 Å². The van der Waals surface area contributed by atoms with Gasteiger partial charge in [-0.05, 0) is 43.2 Å². The van der Waals surface area contributed by atoms with Crippen molar-refractivity contribution in [2.24, 2.45) is 0 Å². The number of hydrogen-bond donors (Lipinski definition) is 0. The Kier molecular flexibility index (Phi) is 4.80. The molecule has 1 aromatic carbocycles. The van der Waals surface area contributed by atoms with E-state index in [9.17, 15) is 4.79 Å². The number of likely N-dealkylation sites (tertiary alicyclic amines) is 1. The fourth-order valence-electron chi connectivity index (χ4n) is 2.56. The molecular formula is C16H23NO. The number of carbonyl (C=O) groups is 1. The van der Waals surface area contributed by atoms with Gasteiger partial charge in [0.2, 0.25) is 5.91 Å². The summed E-state index contributed by atoms with van der Waals surface area (Å²) in [5, 5.41) is 0. The van der Waals surface area contributed by atoms with Gasteiger partial charge in [0.15, 0.2) is 0 Å². The molecule has 1 amide bonds. The molecule has 0 N–H and O–H groups in total. The lowest BCUT2D eigenvalue weighted by Gasteiger charge is -2.26. The third-order valence-corrected chi connectivity index (χ3v) is 3.74. The van der Waals surface area contributed by atoms with Crippen LogP contribution in [0.4, 0.5) is 0 Å². The molecule has 98 valence electrons. The minimum Gasteiger partial charge on any atom is -0.343 e. The number of rotatable bonds is 4. The van der Waals surface area contributed by atoms with Crippen LogP contribution >= 0.6 is 0 Å². The first-order valence-electron chi connectivity index (χ1n) is 7.15. The van der Waals surface area contributed by atoms with E-state index in [2.05, 4.69) is 31.2 Å². The van der Waals surface area contributed by atoms with E-state index in [0.717, 1.165) is 25.9 Å². The highest BCUT2D eigenvalue weighted by Gasteiger charge is 2.15. The first kappa shape index (κ1) is 13.1. The van der Waals surface area contributed by atoms with E-state index in [0.29, 0.717) is 12.3 Å². The first-order valence-corrected chi connectivity index (χ1v) is 7.15. The van der Waals surface area contributed by atoms with Crippen LogP contribution in [0.5, 0.6) is 0 Å². The number of carbonyl (C=O) groups excluding carboxylic acids is 1. The van der Waals surface area contributed by atoms with E-state index >= 15 is 0 Å². The molecule has 0 spiro atoms. The molecule has 1 saturated heterocycles. The minimum atomic E-state index is 0.330. The zero-order valence-electron chi connectivity index (χ0n) is 11.3. The number of piperidine rings is 1. The zero-order chi connectivity index (χ0) is 12.8. The number of aryl methyl sites for hydroxylation is 2. The van der Waals surface area contributed by atoms with Crippen molar-refractivity contribution in [2.75, 3.05) is 13.1 Å². The van der Waals surface area contributed by atoms with Gasteiger partial charge in [-0.15, -0.1) is 0 Å². The van der Waals surface area contributed by atoms with E-state index in [1.54, 1.807) is 0 Å². The van der Waals surface area contributed by atoms with Crippen LogP contribution in [-0.4, -0.2) is 23.9 Å². The second-order valence-electron chi connectivity index (χ2n) is 5.11. The van der Waals surface area contributed by atoms with Crippen molar-refractivity contribution >= 4 is 5.91 Å². The highest BCUT2D eigenvalue weighted by Crippen LogP contribution is 2.13. The van der Waals surface area contributed by atoms with Crippen molar-refractivity contribution in [3.05, 3.63) is 35.4 Å². The molecule has 1 fully saturated rings. The summed E-state index contributed by atoms with van der Waals surface area (Å²) >= 11 is 0. The molecule has 2 heteroatoms. The number of amides is 1. The Morgan fingerprint density at radius 2 is 1.89 bits per heavy atom. The van der Waals surface area contributed by atoms with Crippen LogP contribution in [0.15, 0.2) is 24.3 Å². The van der Waals surface area contributed by atoms with Gasteiger partial charge < -0.3 is 4.90 Å². The van der Waals surface area contributed by atoms with Crippen LogP contribution in [0.1, 0.15) is 43.7 Å². The number of hydrogen-bond acceptors (Lipinski definition) is 1. The maximum absolute atomic E-state index is 12.1. The average Bonchev–Trinajstić information content (AvgIpc) is 2.46. The summed E-state index contributed by atoms with van der Waals surface area (Å²) in [5.74, 6) is 0.330. The summed E-state index contributed by atoms with van der Waals surface area (Å²) in [5.41, 5.74) is 2.65. The van der Waals surface area contributed by atoms with Gasteiger partial charge >= 0.3 is 0 Å². The molecule has 0 unspecified atom stereocenters. The number of benzene rings is 1. The Labute approximate surface area is 110 Å². The molecule has 1 heterocycles. The van der Waals surface area contributed by atoms with Crippen LogP contribution < -0.4 is 0 Å². The minimum absolute atomic E-state index is 0.330. The molecule has 0 aromatic heterocycles. The summed E-state index contributed by atoms with van der Waals surface area (Å²) in [4.78, 5) is 14.1. The predicted octanol–water partition coefficient (Wildman–Crippen LogP) is 3.19. The maximum Gasteiger partial charge on any atom is 0.222 e. The molecule has 0 radical (unpaired) electrons. The summed E-state index contributed by atoms with van der Waals surface area (Å²) in [6.45, 7) is 4.10. The predicted molar refractivity (Wildman–Crippen MR) is 74.6 cm³/mol. The van der Waals surface area contributed by atoms with Crippen LogP contribution in [0.25, 0.3) is 0 Å². The van der Waals surface area contributed by atoms with E-state index in [1.165, 1.54) is 30.4 Å². The lowest BCUT2D eigenvalue weighted by molar-refractivity contribution is -0.132. The second kappa shape index (κ2) is 6.58. The van der Waals surface area contributed by atoms with Gasteiger partial charge in [-0.3, -0.25) is 4.79 Å². The topological polar surface area (TPSA) is 20.3 Å². The van der Waals surface area contributed by atoms with Gasteiger partial charge in [0.25, 0.3) is 0 Å². The lowest BCUT2D eigenvalue weighted by atomic mass is 10.0. The van der Waals surface area contributed by atoms with E-state index in [-0.39, 0.29) is 0 Å². The molecule has 1 aromatic rings. The Bertz CT molecular complexity index is 394.